The lowest BCUT2D eigenvalue weighted by Gasteiger charge is -2.11. The first-order chi connectivity index (χ1) is 16.5. The third-order valence-corrected chi connectivity index (χ3v) is 5.36. The van der Waals surface area contributed by atoms with E-state index in [1.54, 1.807) is 79.7 Å². The van der Waals surface area contributed by atoms with E-state index in [0.29, 0.717) is 40.3 Å². The molecule has 0 saturated heterocycles. The molecule has 0 aliphatic carbocycles. The molecular weight excluding hydrogens is 456 g/mol. The predicted octanol–water partition coefficient (Wildman–Crippen LogP) is 3.72. The van der Waals surface area contributed by atoms with Gasteiger partial charge in [-0.15, -0.1) is 0 Å². The Kier molecular flexibility index (Phi) is 6.89. The molecule has 9 heteroatoms. The van der Waals surface area contributed by atoms with Gasteiger partial charge in [0.1, 0.15) is 12.4 Å². The lowest BCUT2D eigenvalue weighted by molar-refractivity contribution is 0.0843. The van der Waals surface area contributed by atoms with Crippen LogP contribution in [0.25, 0.3) is 10.8 Å². The van der Waals surface area contributed by atoms with Crippen molar-refractivity contribution < 1.29 is 14.3 Å². The van der Waals surface area contributed by atoms with Gasteiger partial charge in [-0.05, 0) is 55.0 Å². The molecular formula is C25H21ClN4O4. The smallest absolute Gasteiger partial charge is 0.290 e. The fraction of sp³-hybridized carbons (Fsp3) is 0.120. The Balaban J connectivity index is 1.40. The molecule has 0 aliphatic rings. The maximum atomic E-state index is 12.7. The molecule has 8 nitrogen and oxygen atoms in total. The van der Waals surface area contributed by atoms with E-state index < -0.39 is 11.8 Å². The molecule has 0 spiro atoms. The van der Waals surface area contributed by atoms with Gasteiger partial charge in [-0.25, -0.2) is 4.68 Å². The Morgan fingerprint density at radius 2 is 1.56 bits per heavy atom. The van der Waals surface area contributed by atoms with E-state index in [-0.39, 0.29) is 11.3 Å². The van der Waals surface area contributed by atoms with Gasteiger partial charge in [0.05, 0.1) is 5.39 Å². The molecule has 172 valence electrons. The van der Waals surface area contributed by atoms with Crippen LogP contribution in [0.3, 0.4) is 0 Å². The second kappa shape index (κ2) is 10.2. The largest absolute Gasteiger partial charge is 0.489 e. The second-order valence-corrected chi connectivity index (χ2v) is 7.80. The highest BCUT2D eigenvalue weighted by atomic mass is 35.5. The Labute approximate surface area is 200 Å². The first-order valence-corrected chi connectivity index (χ1v) is 10.9. The molecule has 34 heavy (non-hydrogen) atoms. The molecule has 0 fully saturated rings. The van der Waals surface area contributed by atoms with Crippen LogP contribution < -0.4 is 21.1 Å². The van der Waals surface area contributed by atoms with Gasteiger partial charge in [0, 0.05) is 22.5 Å². The number of fused-ring (bicyclic) bond motifs is 1. The SMILES string of the molecule is CCn1nc(C(=O)NNC(=O)c2ccc(COc3ccc(Cl)cc3)cc2)c2ccccc2c1=O. The minimum Gasteiger partial charge on any atom is -0.489 e. The third-order valence-electron chi connectivity index (χ3n) is 5.11. The third kappa shape index (κ3) is 5.07. The lowest BCUT2D eigenvalue weighted by Crippen LogP contribution is -2.42. The normalized spacial score (nSPS) is 10.6. The average molecular weight is 477 g/mol. The maximum Gasteiger partial charge on any atom is 0.290 e. The van der Waals surface area contributed by atoms with Crippen LogP contribution in [0.1, 0.15) is 33.3 Å². The number of aromatic nitrogens is 2. The van der Waals surface area contributed by atoms with Crippen molar-refractivity contribution in [2.75, 3.05) is 0 Å². The number of carbonyl (C=O) groups is 2. The van der Waals surface area contributed by atoms with Crippen LogP contribution in [-0.4, -0.2) is 21.6 Å². The van der Waals surface area contributed by atoms with Crippen molar-refractivity contribution in [1.82, 2.24) is 20.6 Å². The molecule has 4 rings (SSSR count). The van der Waals surface area contributed by atoms with Crippen LogP contribution in [-0.2, 0) is 13.2 Å². The number of nitrogens with zero attached hydrogens (tertiary/aromatic N) is 2. The number of aryl methyl sites for hydroxylation is 1. The van der Waals surface area contributed by atoms with Gasteiger partial charge in [0.15, 0.2) is 5.69 Å². The first kappa shape index (κ1) is 23.0. The van der Waals surface area contributed by atoms with Crippen LogP contribution >= 0.6 is 11.6 Å². The molecule has 2 amide bonds. The molecule has 2 N–H and O–H groups in total. The number of rotatable bonds is 6. The molecule has 0 radical (unpaired) electrons. The Hall–Kier alpha value is -4.17. The summed E-state index contributed by atoms with van der Waals surface area (Å²) in [5, 5.41) is 5.57. The quantitative estimate of drug-likeness (QED) is 0.413. The van der Waals surface area contributed by atoms with E-state index in [9.17, 15) is 14.4 Å². The zero-order valence-electron chi connectivity index (χ0n) is 18.2. The fourth-order valence-electron chi connectivity index (χ4n) is 3.31. The number of carbonyl (C=O) groups excluding carboxylic acids is 2. The molecule has 0 saturated carbocycles. The molecule has 3 aromatic carbocycles. The van der Waals surface area contributed by atoms with Crippen LogP contribution in [0, 0.1) is 0 Å². The number of benzene rings is 3. The summed E-state index contributed by atoms with van der Waals surface area (Å²) >= 11 is 5.86. The van der Waals surface area contributed by atoms with E-state index in [2.05, 4.69) is 16.0 Å². The van der Waals surface area contributed by atoms with Crippen molar-refractivity contribution in [3.8, 4) is 5.75 Å². The topological polar surface area (TPSA) is 102 Å². The molecule has 0 unspecified atom stereocenters. The number of nitrogens with one attached hydrogen (secondary N) is 2. The fourth-order valence-corrected chi connectivity index (χ4v) is 3.44. The first-order valence-electron chi connectivity index (χ1n) is 10.5. The standard InChI is InChI=1S/C25H21ClN4O4/c1-2-30-25(33)21-6-4-3-5-20(21)22(29-30)24(32)28-27-23(31)17-9-7-16(8-10-17)15-34-19-13-11-18(26)12-14-19/h3-14H,2,15H2,1H3,(H,27,31)(H,28,32). The summed E-state index contributed by atoms with van der Waals surface area (Å²) in [6.07, 6.45) is 0. The summed E-state index contributed by atoms with van der Waals surface area (Å²) in [6, 6.07) is 20.5. The summed E-state index contributed by atoms with van der Waals surface area (Å²) in [5.41, 5.74) is 5.75. The van der Waals surface area contributed by atoms with Crippen molar-refractivity contribution in [3.63, 3.8) is 0 Å². The second-order valence-electron chi connectivity index (χ2n) is 7.36. The molecule has 0 aliphatic heterocycles. The Bertz CT molecular complexity index is 1400. The summed E-state index contributed by atoms with van der Waals surface area (Å²) in [7, 11) is 0. The summed E-state index contributed by atoms with van der Waals surface area (Å²) in [5.74, 6) is -0.434. The van der Waals surface area contributed by atoms with E-state index in [4.69, 9.17) is 16.3 Å². The van der Waals surface area contributed by atoms with Gasteiger partial charge >= 0.3 is 0 Å². The predicted molar refractivity (Wildman–Crippen MR) is 129 cm³/mol. The number of amides is 2. The molecule has 1 aromatic heterocycles. The maximum absolute atomic E-state index is 12.7. The molecule has 4 aromatic rings. The van der Waals surface area contributed by atoms with Crippen LogP contribution in [0.4, 0.5) is 0 Å². The summed E-state index contributed by atoms with van der Waals surface area (Å²) < 4.78 is 6.90. The van der Waals surface area contributed by atoms with E-state index >= 15 is 0 Å². The molecule has 0 atom stereocenters. The van der Waals surface area contributed by atoms with Crippen molar-refractivity contribution in [1.29, 1.82) is 0 Å². The van der Waals surface area contributed by atoms with E-state index in [0.717, 1.165) is 5.56 Å². The lowest BCUT2D eigenvalue weighted by atomic mass is 10.1. The van der Waals surface area contributed by atoms with Crippen LogP contribution in [0.15, 0.2) is 77.6 Å². The van der Waals surface area contributed by atoms with Crippen molar-refractivity contribution >= 4 is 34.2 Å². The van der Waals surface area contributed by atoms with Crippen molar-refractivity contribution in [2.24, 2.45) is 0 Å². The zero-order chi connectivity index (χ0) is 24.1. The van der Waals surface area contributed by atoms with E-state index in [1.165, 1.54) is 4.68 Å². The number of hydrogen-bond acceptors (Lipinski definition) is 5. The summed E-state index contributed by atoms with van der Waals surface area (Å²) in [4.78, 5) is 37.7. The van der Waals surface area contributed by atoms with Gasteiger partial charge in [0.25, 0.3) is 17.4 Å². The number of hydrogen-bond donors (Lipinski definition) is 2. The van der Waals surface area contributed by atoms with Gasteiger partial charge < -0.3 is 4.74 Å². The highest BCUT2D eigenvalue weighted by Gasteiger charge is 2.17. The van der Waals surface area contributed by atoms with Crippen molar-refractivity contribution in [2.45, 2.75) is 20.1 Å². The van der Waals surface area contributed by atoms with Gasteiger partial charge in [-0.3, -0.25) is 25.2 Å². The molecule has 1 heterocycles. The van der Waals surface area contributed by atoms with Gasteiger partial charge in [-0.1, -0.05) is 41.9 Å². The number of ether oxygens (including phenoxy) is 1. The summed E-state index contributed by atoms with van der Waals surface area (Å²) in [6.45, 7) is 2.40. The molecule has 0 bridgehead atoms. The van der Waals surface area contributed by atoms with Crippen LogP contribution in [0.2, 0.25) is 5.02 Å². The number of halogens is 1. The van der Waals surface area contributed by atoms with Crippen LogP contribution in [0.5, 0.6) is 5.75 Å². The minimum atomic E-state index is -0.625. The zero-order valence-corrected chi connectivity index (χ0v) is 19.0. The average Bonchev–Trinajstić information content (AvgIpc) is 2.87. The van der Waals surface area contributed by atoms with Crippen molar-refractivity contribution in [3.05, 3.63) is 105 Å². The Morgan fingerprint density at radius 1 is 0.912 bits per heavy atom. The minimum absolute atomic E-state index is 0.0482. The van der Waals surface area contributed by atoms with Gasteiger partial charge in [0.2, 0.25) is 0 Å². The highest BCUT2D eigenvalue weighted by molar-refractivity contribution is 6.30. The highest BCUT2D eigenvalue weighted by Crippen LogP contribution is 2.17. The Morgan fingerprint density at radius 3 is 2.24 bits per heavy atom. The van der Waals surface area contributed by atoms with E-state index in [1.807, 2.05) is 0 Å². The number of hydrazine groups is 1. The monoisotopic (exact) mass is 476 g/mol. The van der Waals surface area contributed by atoms with Gasteiger partial charge in [-0.2, -0.15) is 5.10 Å².